The van der Waals surface area contributed by atoms with Crippen LogP contribution in [0.5, 0.6) is 0 Å². The zero-order chi connectivity index (χ0) is 19.0. The number of nitrogens with zero attached hydrogens (tertiary/aromatic N) is 2. The van der Waals surface area contributed by atoms with Crippen LogP contribution in [0.3, 0.4) is 0 Å². The summed E-state index contributed by atoms with van der Waals surface area (Å²) in [5.41, 5.74) is 1.57. The standard InChI is InChI=1S/C18H22FN3O3S/c1-26(24,25)22(12-9-15-5-7-16(19)8-6-15)13-10-18(23)21-14-17-4-2-3-11-20-17/h2-8,11H,9-10,12-14H2,1H3,(H,21,23). The average Bonchev–Trinajstić information content (AvgIpc) is 2.61. The maximum atomic E-state index is 12.9. The number of halogens is 1. The topological polar surface area (TPSA) is 79.4 Å². The summed E-state index contributed by atoms with van der Waals surface area (Å²) < 4.78 is 38.0. The Kier molecular flexibility index (Phi) is 7.23. The lowest BCUT2D eigenvalue weighted by molar-refractivity contribution is -0.121. The molecule has 0 aliphatic rings. The van der Waals surface area contributed by atoms with Crippen LogP contribution in [0, 0.1) is 5.82 Å². The molecule has 8 heteroatoms. The minimum absolute atomic E-state index is 0.0589. The maximum absolute atomic E-state index is 12.9. The highest BCUT2D eigenvalue weighted by atomic mass is 32.2. The summed E-state index contributed by atoms with van der Waals surface area (Å²) in [6.45, 7) is 0.625. The maximum Gasteiger partial charge on any atom is 0.221 e. The summed E-state index contributed by atoms with van der Waals surface area (Å²) in [5.74, 6) is -0.579. The fourth-order valence-electron chi connectivity index (χ4n) is 2.35. The van der Waals surface area contributed by atoms with E-state index in [0.717, 1.165) is 17.5 Å². The van der Waals surface area contributed by atoms with E-state index in [4.69, 9.17) is 0 Å². The molecule has 0 saturated carbocycles. The lowest BCUT2D eigenvalue weighted by atomic mass is 10.1. The Morgan fingerprint density at radius 2 is 1.88 bits per heavy atom. The molecule has 6 nitrogen and oxygen atoms in total. The van der Waals surface area contributed by atoms with E-state index in [0.29, 0.717) is 13.0 Å². The fourth-order valence-corrected chi connectivity index (χ4v) is 3.20. The first-order chi connectivity index (χ1) is 12.3. The minimum Gasteiger partial charge on any atom is -0.350 e. The number of hydrogen-bond donors (Lipinski definition) is 1. The molecule has 1 aromatic heterocycles. The highest BCUT2D eigenvalue weighted by Crippen LogP contribution is 2.07. The van der Waals surface area contributed by atoms with Crippen molar-refractivity contribution >= 4 is 15.9 Å². The van der Waals surface area contributed by atoms with E-state index in [1.807, 2.05) is 6.07 Å². The first-order valence-corrected chi connectivity index (χ1v) is 10.1. The minimum atomic E-state index is -3.44. The number of pyridine rings is 1. The van der Waals surface area contributed by atoms with Gasteiger partial charge in [0.05, 0.1) is 18.5 Å². The van der Waals surface area contributed by atoms with Crippen LogP contribution < -0.4 is 5.32 Å². The van der Waals surface area contributed by atoms with Crippen molar-refractivity contribution < 1.29 is 17.6 Å². The van der Waals surface area contributed by atoms with Gasteiger partial charge in [-0.05, 0) is 36.2 Å². The van der Waals surface area contributed by atoms with Crippen LogP contribution in [0.1, 0.15) is 17.7 Å². The van der Waals surface area contributed by atoms with Gasteiger partial charge in [-0.15, -0.1) is 0 Å². The fraction of sp³-hybridized carbons (Fsp3) is 0.333. The van der Waals surface area contributed by atoms with Gasteiger partial charge < -0.3 is 5.32 Å². The van der Waals surface area contributed by atoms with Crippen molar-refractivity contribution in [2.24, 2.45) is 0 Å². The van der Waals surface area contributed by atoms with Gasteiger partial charge in [-0.25, -0.2) is 17.1 Å². The van der Waals surface area contributed by atoms with Crippen molar-refractivity contribution in [3.05, 3.63) is 65.7 Å². The first kappa shape index (κ1) is 20.0. The molecule has 0 aliphatic carbocycles. The Morgan fingerprint density at radius 3 is 2.50 bits per heavy atom. The molecular formula is C18H22FN3O3S. The van der Waals surface area contributed by atoms with E-state index in [-0.39, 0.29) is 31.2 Å². The SMILES string of the molecule is CS(=O)(=O)N(CCC(=O)NCc1ccccn1)CCc1ccc(F)cc1. The molecule has 1 aromatic carbocycles. The van der Waals surface area contributed by atoms with Crippen LogP contribution in [0.4, 0.5) is 4.39 Å². The molecule has 2 rings (SSSR count). The lowest BCUT2D eigenvalue weighted by Crippen LogP contribution is -2.36. The van der Waals surface area contributed by atoms with Crippen LogP contribution >= 0.6 is 0 Å². The highest BCUT2D eigenvalue weighted by molar-refractivity contribution is 7.88. The van der Waals surface area contributed by atoms with E-state index < -0.39 is 10.0 Å². The third-order valence-corrected chi connectivity index (χ3v) is 5.12. The van der Waals surface area contributed by atoms with Gasteiger partial charge in [0.2, 0.25) is 15.9 Å². The van der Waals surface area contributed by atoms with Gasteiger partial charge in [0.1, 0.15) is 5.82 Å². The molecule has 0 unspecified atom stereocenters. The van der Waals surface area contributed by atoms with Gasteiger partial charge in [-0.2, -0.15) is 0 Å². The van der Waals surface area contributed by atoms with Gasteiger partial charge in [0.15, 0.2) is 0 Å². The van der Waals surface area contributed by atoms with E-state index in [1.54, 1.807) is 30.5 Å². The molecule has 2 aromatic rings. The van der Waals surface area contributed by atoms with Crippen LogP contribution in [0.2, 0.25) is 0 Å². The molecule has 0 radical (unpaired) electrons. The first-order valence-electron chi connectivity index (χ1n) is 8.21. The molecule has 0 atom stereocenters. The molecule has 0 saturated heterocycles. The molecule has 1 heterocycles. The summed E-state index contributed by atoms with van der Waals surface area (Å²) in [5, 5.41) is 2.72. The quantitative estimate of drug-likeness (QED) is 0.720. The number of rotatable bonds is 9. The number of benzene rings is 1. The predicted octanol–water partition coefficient (Wildman–Crippen LogP) is 1.73. The molecule has 1 amide bonds. The van der Waals surface area contributed by atoms with Gasteiger partial charge in [-0.3, -0.25) is 9.78 Å². The second-order valence-electron chi connectivity index (χ2n) is 5.89. The lowest BCUT2D eigenvalue weighted by Gasteiger charge is -2.19. The van der Waals surface area contributed by atoms with Crippen molar-refractivity contribution in [3.8, 4) is 0 Å². The van der Waals surface area contributed by atoms with Crippen molar-refractivity contribution in [1.82, 2.24) is 14.6 Å². The third kappa shape index (κ3) is 6.89. The van der Waals surface area contributed by atoms with Crippen LogP contribution in [0.15, 0.2) is 48.7 Å². The Balaban J connectivity index is 1.83. The predicted molar refractivity (Wildman–Crippen MR) is 97.2 cm³/mol. The number of hydrogen-bond acceptors (Lipinski definition) is 4. The average molecular weight is 379 g/mol. The Morgan fingerprint density at radius 1 is 1.15 bits per heavy atom. The second-order valence-corrected chi connectivity index (χ2v) is 7.87. The summed E-state index contributed by atoms with van der Waals surface area (Å²) >= 11 is 0. The zero-order valence-corrected chi connectivity index (χ0v) is 15.4. The molecule has 0 fully saturated rings. The number of aromatic nitrogens is 1. The van der Waals surface area contributed by atoms with Crippen LogP contribution in [-0.4, -0.2) is 43.0 Å². The van der Waals surface area contributed by atoms with Crippen molar-refractivity contribution in [2.45, 2.75) is 19.4 Å². The van der Waals surface area contributed by atoms with E-state index in [9.17, 15) is 17.6 Å². The summed E-state index contributed by atoms with van der Waals surface area (Å²) in [6.07, 6.45) is 3.26. The number of carbonyl (C=O) groups is 1. The molecule has 0 aliphatic heterocycles. The molecular weight excluding hydrogens is 357 g/mol. The molecule has 26 heavy (non-hydrogen) atoms. The third-order valence-electron chi connectivity index (χ3n) is 3.81. The van der Waals surface area contributed by atoms with Gasteiger partial charge in [-0.1, -0.05) is 18.2 Å². The smallest absolute Gasteiger partial charge is 0.221 e. The Hall–Kier alpha value is -2.32. The van der Waals surface area contributed by atoms with Crippen molar-refractivity contribution in [1.29, 1.82) is 0 Å². The molecule has 1 N–H and O–H groups in total. The van der Waals surface area contributed by atoms with Crippen molar-refractivity contribution in [3.63, 3.8) is 0 Å². The van der Waals surface area contributed by atoms with Gasteiger partial charge in [0, 0.05) is 25.7 Å². The summed E-state index contributed by atoms with van der Waals surface area (Å²) in [7, 11) is -3.44. The molecule has 140 valence electrons. The highest BCUT2D eigenvalue weighted by Gasteiger charge is 2.17. The second kappa shape index (κ2) is 9.40. The molecule has 0 spiro atoms. The summed E-state index contributed by atoms with van der Waals surface area (Å²) in [6, 6.07) is 11.3. The number of amides is 1. The normalized spacial score (nSPS) is 11.5. The van der Waals surface area contributed by atoms with E-state index in [2.05, 4.69) is 10.3 Å². The largest absolute Gasteiger partial charge is 0.350 e. The number of carbonyl (C=O) groups excluding carboxylic acids is 1. The van der Waals surface area contributed by atoms with E-state index in [1.165, 1.54) is 16.4 Å². The van der Waals surface area contributed by atoms with Crippen LogP contribution in [-0.2, 0) is 27.8 Å². The Bertz CT molecular complexity index is 811. The summed E-state index contributed by atoms with van der Waals surface area (Å²) in [4.78, 5) is 16.1. The van der Waals surface area contributed by atoms with Gasteiger partial charge >= 0.3 is 0 Å². The zero-order valence-electron chi connectivity index (χ0n) is 14.6. The van der Waals surface area contributed by atoms with Crippen LogP contribution in [0.25, 0.3) is 0 Å². The molecule has 0 bridgehead atoms. The Labute approximate surface area is 153 Å². The van der Waals surface area contributed by atoms with E-state index >= 15 is 0 Å². The van der Waals surface area contributed by atoms with Crippen molar-refractivity contribution in [2.75, 3.05) is 19.3 Å². The number of sulfonamides is 1. The van der Waals surface area contributed by atoms with Gasteiger partial charge in [0.25, 0.3) is 0 Å². The monoisotopic (exact) mass is 379 g/mol. The number of nitrogens with one attached hydrogen (secondary N) is 1.